The zero-order valence-corrected chi connectivity index (χ0v) is 56.9. The van der Waals surface area contributed by atoms with Crippen LogP contribution in [0.25, 0.3) is 6.08 Å². The number of hydrogen-bond acceptors (Lipinski definition) is 16. The molecule has 518 valence electrons. The molecule has 97 heavy (non-hydrogen) atoms. The second-order valence-corrected chi connectivity index (χ2v) is 26.1. The summed E-state index contributed by atoms with van der Waals surface area (Å²) in [6.45, 7) is 16.8. The Morgan fingerprint density at radius 1 is 0.753 bits per heavy atom. The number of esters is 1. The maximum absolute atomic E-state index is 13.9. The second kappa shape index (κ2) is 36.4. The Bertz CT molecular complexity index is 3590. The summed E-state index contributed by atoms with van der Waals surface area (Å²) in [7, 11) is 0. The number of aliphatic imine (C=N–C) groups is 1. The number of Topliss-reactive ketones (excluding diaryl/α,β-unsaturated/α-hetero) is 2. The Hall–Kier alpha value is -9.71. The molecule has 3 aliphatic heterocycles. The first kappa shape index (κ1) is 74.7. The van der Waals surface area contributed by atoms with Gasteiger partial charge in [0.25, 0.3) is 23.6 Å². The van der Waals surface area contributed by atoms with E-state index in [1.165, 1.54) is 12.2 Å². The van der Waals surface area contributed by atoms with Gasteiger partial charge in [-0.3, -0.25) is 63.3 Å². The predicted molar refractivity (Wildman–Crippen MR) is 367 cm³/mol. The highest BCUT2D eigenvalue weighted by Gasteiger charge is 2.31. The standard InChI is InChI=1S/C73H93N11O13/c1-8-33-83(34-9-2)70(93)54-38-52-26-27-53(40-61(52)79-63(41-54)81-72(95)97-73(5,6)7)68(91)78-56-39-55-45-82(36-30-59(55)77-43-56)44-49-22-24-51(25-23-49)67(90)75-31-14-17-66(89)96-46-50-20-18-48(19-21-50)37-62(86)60(16-13-32-76-71(74)94)80-69(92)58(47(3)4)42-57(85)15-11-10-12-35-84-64(87)28-29-65(84)88/h18-29,38-40,43,47,58,60H,8-17,30-37,41-42,44-46H2,1-7H3,(H,75,90)(H,78,91)(H,80,92)(H3,74,76,94)(H,79,81,95)/t58-,60-/m0/s1. The van der Waals surface area contributed by atoms with Crippen molar-refractivity contribution in [3.05, 3.63) is 141 Å². The van der Waals surface area contributed by atoms with Crippen LogP contribution in [0.5, 0.6) is 0 Å². The van der Waals surface area contributed by atoms with Gasteiger partial charge in [0.1, 0.15) is 23.8 Å². The van der Waals surface area contributed by atoms with Crippen molar-refractivity contribution < 1.29 is 62.2 Å². The number of hydrogen-bond donors (Lipinski definition) is 6. The smallest absolute Gasteiger partial charge is 0.413 e. The summed E-state index contributed by atoms with van der Waals surface area (Å²) in [5.74, 6) is -3.46. The van der Waals surface area contributed by atoms with E-state index < -0.39 is 47.5 Å². The third kappa shape index (κ3) is 23.9. The number of pyridine rings is 1. The van der Waals surface area contributed by atoms with Gasteiger partial charge in [0.15, 0.2) is 5.78 Å². The maximum atomic E-state index is 13.9. The van der Waals surface area contributed by atoms with Crippen LogP contribution in [0, 0.1) is 11.8 Å². The van der Waals surface area contributed by atoms with E-state index in [1.807, 2.05) is 45.9 Å². The highest BCUT2D eigenvalue weighted by atomic mass is 16.6. The first-order chi connectivity index (χ1) is 46.3. The van der Waals surface area contributed by atoms with Crippen molar-refractivity contribution in [3.63, 3.8) is 0 Å². The number of nitrogens with two attached hydrogens (primary N) is 1. The molecule has 3 aromatic carbocycles. The molecule has 0 fully saturated rings. The summed E-state index contributed by atoms with van der Waals surface area (Å²) in [6.07, 6.45) is 10.4. The number of imide groups is 1. The molecule has 7 N–H and O–H groups in total. The van der Waals surface area contributed by atoms with Crippen molar-refractivity contribution in [2.24, 2.45) is 22.6 Å². The topological polar surface area (TPSA) is 327 Å². The van der Waals surface area contributed by atoms with Crippen molar-refractivity contribution >= 4 is 88.4 Å². The lowest BCUT2D eigenvalue weighted by atomic mass is 9.88. The second-order valence-electron chi connectivity index (χ2n) is 26.1. The number of benzene rings is 3. The maximum Gasteiger partial charge on any atom is 0.413 e. The number of unbranched alkanes of at least 4 members (excludes halogenated alkanes) is 2. The summed E-state index contributed by atoms with van der Waals surface area (Å²) in [5.41, 5.74) is 11.5. The van der Waals surface area contributed by atoms with Crippen LogP contribution in [0.4, 0.5) is 21.0 Å². The number of aromatic nitrogens is 1. The number of rotatable bonds is 34. The molecule has 4 aromatic rings. The number of amidine groups is 1. The average Bonchev–Trinajstić information content (AvgIpc) is 0.985. The van der Waals surface area contributed by atoms with Crippen LogP contribution >= 0.6 is 0 Å². The van der Waals surface area contributed by atoms with Gasteiger partial charge in [-0.15, -0.1) is 0 Å². The van der Waals surface area contributed by atoms with Gasteiger partial charge >= 0.3 is 18.1 Å². The van der Waals surface area contributed by atoms with E-state index in [4.69, 9.17) is 25.2 Å². The molecule has 4 heterocycles. The van der Waals surface area contributed by atoms with E-state index in [2.05, 4.69) is 31.5 Å². The third-order valence-corrected chi connectivity index (χ3v) is 16.6. The first-order valence-electron chi connectivity index (χ1n) is 33.6. The van der Waals surface area contributed by atoms with E-state index >= 15 is 0 Å². The van der Waals surface area contributed by atoms with E-state index in [-0.39, 0.29) is 112 Å². The SMILES string of the molecule is CCCN(CCC)C(=O)C1=Cc2ccc(C(=O)Nc3cnc4c(c3)CN(Cc3ccc(C(=O)NCCCC(=O)OCc5ccc(CC(=O)[C@H](CCCNC(N)=O)NC(=O)[C@@H](CC(=O)CCCCCN6C(=O)C=CC6=O)C(C)C)cc5)cc3)CC4)cc2N=C(NC(=O)OC(C)(C)C)C1. The number of nitrogens with zero attached hydrogens (tertiary/aromatic N) is 5. The van der Waals surface area contributed by atoms with Crippen molar-refractivity contribution in [1.82, 2.24) is 41.0 Å². The van der Waals surface area contributed by atoms with Crippen molar-refractivity contribution in [2.45, 2.75) is 170 Å². The fraction of sp³-hybridized carbons (Fsp3) is 0.466. The number of amides is 9. The van der Waals surface area contributed by atoms with Crippen molar-refractivity contribution in [3.8, 4) is 0 Å². The molecule has 24 heteroatoms. The van der Waals surface area contributed by atoms with Crippen molar-refractivity contribution in [1.29, 1.82) is 0 Å². The lowest BCUT2D eigenvalue weighted by molar-refractivity contribution is -0.145. The highest BCUT2D eigenvalue weighted by Crippen LogP contribution is 2.31. The molecule has 7 rings (SSSR count). The van der Waals surface area contributed by atoms with Gasteiger partial charge in [-0.25, -0.2) is 14.6 Å². The fourth-order valence-electron chi connectivity index (χ4n) is 11.5. The lowest BCUT2D eigenvalue weighted by Gasteiger charge is -2.28. The molecular weight excluding hydrogens is 1240 g/mol. The van der Waals surface area contributed by atoms with Gasteiger partial charge in [-0.1, -0.05) is 76.6 Å². The zero-order valence-electron chi connectivity index (χ0n) is 56.9. The van der Waals surface area contributed by atoms with Crippen molar-refractivity contribution in [2.75, 3.05) is 44.6 Å². The largest absolute Gasteiger partial charge is 0.461 e. The molecule has 0 unspecified atom stereocenters. The van der Waals surface area contributed by atoms with Gasteiger partial charge in [-0.2, -0.15) is 0 Å². The van der Waals surface area contributed by atoms with Crippen LogP contribution in [-0.4, -0.2) is 142 Å². The number of ether oxygens (including phenoxy) is 2. The summed E-state index contributed by atoms with van der Waals surface area (Å²) < 4.78 is 11.0. The number of anilines is 1. The van der Waals surface area contributed by atoms with Crippen LogP contribution in [0.1, 0.15) is 180 Å². The molecule has 9 amide bonds. The predicted octanol–water partition coefficient (Wildman–Crippen LogP) is 8.90. The molecule has 2 atom stereocenters. The number of ketones is 2. The fourth-order valence-corrected chi connectivity index (χ4v) is 11.5. The number of nitrogens with one attached hydrogen (secondary N) is 5. The Balaban J connectivity index is 0.830. The van der Waals surface area contributed by atoms with E-state index in [0.717, 1.165) is 41.1 Å². The minimum Gasteiger partial charge on any atom is -0.461 e. The van der Waals surface area contributed by atoms with Gasteiger partial charge in [0.05, 0.1) is 23.6 Å². The quantitative estimate of drug-likeness (QED) is 0.0144. The molecular formula is C73H93N11O13. The minimum absolute atomic E-state index is 0.0106. The molecule has 0 saturated carbocycles. The van der Waals surface area contributed by atoms with Crippen LogP contribution in [0.15, 0.2) is 102 Å². The molecule has 0 saturated heterocycles. The number of fused-ring (bicyclic) bond motifs is 2. The van der Waals surface area contributed by atoms with Crippen LogP contribution < -0.4 is 32.3 Å². The van der Waals surface area contributed by atoms with Crippen LogP contribution in [0.2, 0.25) is 0 Å². The Labute approximate surface area is 567 Å². The molecule has 1 aromatic heterocycles. The molecule has 24 nitrogen and oxygen atoms in total. The van der Waals surface area contributed by atoms with Gasteiger partial charge in [-0.05, 0) is 130 Å². The minimum atomic E-state index is -0.914. The number of urea groups is 1. The summed E-state index contributed by atoms with van der Waals surface area (Å²) in [4.78, 5) is 157. The molecule has 3 aliphatic rings. The average molecular weight is 1330 g/mol. The Morgan fingerprint density at radius 2 is 1.43 bits per heavy atom. The van der Waals surface area contributed by atoms with Gasteiger partial charge < -0.3 is 41.4 Å². The molecule has 0 spiro atoms. The number of primary amides is 1. The number of alkyl carbamates (subject to hydrolysis) is 1. The van der Waals surface area contributed by atoms with Crippen LogP contribution in [-0.2, 0) is 75.6 Å². The summed E-state index contributed by atoms with van der Waals surface area (Å²) >= 11 is 0. The summed E-state index contributed by atoms with van der Waals surface area (Å²) in [6, 6.07) is 19.7. The van der Waals surface area contributed by atoms with Gasteiger partial charge in [0, 0.05) is 137 Å². The number of carbonyl (C=O) groups is 11. The van der Waals surface area contributed by atoms with E-state index in [0.29, 0.717) is 109 Å². The third-order valence-electron chi connectivity index (χ3n) is 16.6. The lowest BCUT2D eigenvalue weighted by Crippen LogP contribution is -2.46. The molecule has 0 radical (unpaired) electrons. The van der Waals surface area contributed by atoms with E-state index in [9.17, 15) is 52.7 Å². The van der Waals surface area contributed by atoms with E-state index in [1.54, 1.807) is 92.5 Å². The number of carbonyl (C=O) groups excluding carboxylic acids is 11. The molecule has 0 aliphatic carbocycles. The molecule has 0 bridgehead atoms. The monoisotopic (exact) mass is 1330 g/mol. The van der Waals surface area contributed by atoms with Gasteiger partial charge in [0.2, 0.25) is 11.8 Å². The Kier molecular flexibility index (Phi) is 28.0. The summed E-state index contributed by atoms with van der Waals surface area (Å²) in [5, 5.41) is 14.0. The highest BCUT2D eigenvalue weighted by molar-refractivity contribution is 6.13. The normalized spacial score (nSPS) is 14.2. The van der Waals surface area contributed by atoms with Crippen LogP contribution in [0.3, 0.4) is 0 Å². The first-order valence-corrected chi connectivity index (χ1v) is 33.6. The Morgan fingerprint density at radius 3 is 2.11 bits per heavy atom. The zero-order chi connectivity index (χ0) is 70.2.